The van der Waals surface area contributed by atoms with Gasteiger partial charge in [0.05, 0.1) is 20.6 Å². The van der Waals surface area contributed by atoms with E-state index in [9.17, 15) is 19.3 Å². The summed E-state index contributed by atoms with van der Waals surface area (Å²) in [4.78, 5) is 23.9. The highest BCUT2D eigenvalue weighted by Crippen LogP contribution is 2.37. The van der Waals surface area contributed by atoms with Crippen molar-refractivity contribution in [1.82, 2.24) is 9.78 Å². The van der Waals surface area contributed by atoms with E-state index in [1.165, 1.54) is 18.2 Å². The van der Waals surface area contributed by atoms with Gasteiger partial charge in [0, 0.05) is 24.1 Å². The summed E-state index contributed by atoms with van der Waals surface area (Å²) in [5.41, 5.74) is 1.34. The van der Waals surface area contributed by atoms with Crippen LogP contribution in [0.2, 0.25) is 0 Å². The average Bonchev–Trinajstić information content (AvgIpc) is 2.83. The number of carbonyl (C=O) groups is 1. The van der Waals surface area contributed by atoms with Crippen LogP contribution in [0.25, 0.3) is 10.9 Å². The second-order valence-electron chi connectivity index (χ2n) is 5.74. The SMILES string of the molecule is Cc1ccc(F)cc1C(=O)c1c([N+](=O)[O-])cc2c(C)nn(C)c2c1Br. The van der Waals surface area contributed by atoms with E-state index in [-0.39, 0.29) is 21.3 Å². The number of nitro benzene ring substituents is 1. The topological polar surface area (TPSA) is 78.0 Å². The number of aryl methyl sites for hydroxylation is 3. The summed E-state index contributed by atoms with van der Waals surface area (Å²) in [5.74, 6) is -1.19. The molecule has 0 bridgehead atoms. The molecule has 0 radical (unpaired) electrons. The molecule has 0 saturated carbocycles. The van der Waals surface area contributed by atoms with Crippen LogP contribution < -0.4 is 0 Å². The van der Waals surface area contributed by atoms with Gasteiger partial charge >= 0.3 is 0 Å². The smallest absolute Gasteiger partial charge is 0.282 e. The maximum Gasteiger partial charge on any atom is 0.282 e. The number of hydrogen-bond donors (Lipinski definition) is 0. The summed E-state index contributed by atoms with van der Waals surface area (Å²) in [6.07, 6.45) is 0. The van der Waals surface area contributed by atoms with Gasteiger partial charge in [-0.2, -0.15) is 5.10 Å². The molecule has 3 aromatic rings. The van der Waals surface area contributed by atoms with Crippen LogP contribution in [0.15, 0.2) is 28.7 Å². The van der Waals surface area contributed by atoms with Crippen molar-refractivity contribution in [2.45, 2.75) is 13.8 Å². The molecule has 2 aromatic carbocycles. The van der Waals surface area contributed by atoms with Crippen molar-refractivity contribution in [3.8, 4) is 0 Å². The summed E-state index contributed by atoms with van der Waals surface area (Å²) in [7, 11) is 1.69. The first-order valence-corrected chi connectivity index (χ1v) is 8.12. The molecule has 0 atom stereocenters. The van der Waals surface area contributed by atoms with Gasteiger partial charge in [-0.15, -0.1) is 0 Å². The van der Waals surface area contributed by atoms with Crippen molar-refractivity contribution in [2.75, 3.05) is 0 Å². The minimum Gasteiger partial charge on any atom is -0.288 e. The Labute approximate surface area is 150 Å². The minimum atomic E-state index is -0.615. The molecule has 0 fully saturated rings. The number of benzene rings is 2. The van der Waals surface area contributed by atoms with Gasteiger partial charge in [0.15, 0.2) is 0 Å². The standard InChI is InChI=1S/C17H13BrFN3O3/c1-8-4-5-10(19)6-11(8)17(23)14-13(22(24)25)7-12-9(2)20-21(3)16(12)15(14)18/h4-7H,1-3H3. The number of carbonyl (C=O) groups excluding carboxylic acids is 1. The number of nitrogens with zero attached hydrogens (tertiary/aromatic N) is 3. The quantitative estimate of drug-likeness (QED) is 0.371. The number of fused-ring (bicyclic) bond motifs is 1. The lowest BCUT2D eigenvalue weighted by molar-refractivity contribution is -0.385. The zero-order chi connectivity index (χ0) is 18.5. The number of hydrogen-bond acceptors (Lipinski definition) is 4. The van der Waals surface area contributed by atoms with Crippen LogP contribution in [0.4, 0.5) is 10.1 Å². The molecule has 6 nitrogen and oxygen atoms in total. The van der Waals surface area contributed by atoms with E-state index in [0.29, 0.717) is 22.2 Å². The van der Waals surface area contributed by atoms with Gasteiger partial charge in [-0.05, 0) is 47.5 Å². The molecule has 0 spiro atoms. The summed E-state index contributed by atoms with van der Waals surface area (Å²) in [6, 6.07) is 5.13. The molecule has 1 heterocycles. The predicted molar refractivity (Wildman–Crippen MR) is 94.4 cm³/mol. The van der Waals surface area contributed by atoms with E-state index in [0.717, 1.165) is 6.07 Å². The van der Waals surface area contributed by atoms with Gasteiger partial charge < -0.3 is 0 Å². The first kappa shape index (κ1) is 17.2. The number of halogens is 2. The van der Waals surface area contributed by atoms with Crippen LogP contribution in [0.5, 0.6) is 0 Å². The zero-order valence-corrected chi connectivity index (χ0v) is 15.2. The second-order valence-corrected chi connectivity index (χ2v) is 6.53. The van der Waals surface area contributed by atoms with Crippen LogP contribution in [-0.4, -0.2) is 20.5 Å². The van der Waals surface area contributed by atoms with Crippen molar-refractivity contribution in [3.63, 3.8) is 0 Å². The van der Waals surface area contributed by atoms with Crippen LogP contribution in [0.3, 0.4) is 0 Å². The van der Waals surface area contributed by atoms with E-state index >= 15 is 0 Å². The molecule has 8 heteroatoms. The molecule has 3 rings (SSSR count). The fourth-order valence-electron chi connectivity index (χ4n) is 2.88. The normalized spacial score (nSPS) is 11.1. The highest BCUT2D eigenvalue weighted by atomic mass is 79.9. The lowest BCUT2D eigenvalue weighted by Crippen LogP contribution is -2.09. The Morgan fingerprint density at radius 2 is 2.00 bits per heavy atom. The first-order valence-electron chi connectivity index (χ1n) is 7.33. The van der Waals surface area contributed by atoms with E-state index in [2.05, 4.69) is 21.0 Å². The Balaban J connectivity index is 2.38. The molecule has 0 aliphatic rings. The Hall–Kier alpha value is -2.61. The monoisotopic (exact) mass is 405 g/mol. The zero-order valence-electron chi connectivity index (χ0n) is 13.6. The van der Waals surface area contributed by atoms with Gasteiger partial charge in [-0.3, -0.25) is 19.6 Å². The van der Waals surface area contributed by atoms with Crippen molar-refractivity contribution in [1.29, 1.82) is 0 Å². The average molecular weight is 406 g/mol. The largest absolute Gasteiger partial charge is 0.288 e. The Morgan fingerprint density at radius 3 is 2.64 bits per heavy atom. The molecule has 25 heavy (non-hydrogen) atoms. The lowest BCUT2D eigenvalue weighted by Gasteiger charge is -2.10. The molecule has 0 N–H and O–H groups in total. The third-order valence-electron chi connectivity index (χ3n) is 4.10. The van der Waals surface area contributed by atoms with Crippen LogP contribution in [-0.2, 0) is 7.05 Å². The molecular weight excluding hydrogens is 393 g/mol. The van der Waals surface area contributed by atoms with Crippen molar-refractivity contribution < 1.29 is 14.1 Å². The summed E-state index contributed by atoms with van der Waals surface area (Å²) in [6.45, 7) is 3.38. The summed E-state index contributed by atoms with van der Waals surface area (Å²) >= 11 is 3.33. The maximum absolute atomic E-state index is 13.6. The molecular formula is C17H13BrFN3O3. The molecule has 0 aliphatic carbocycles. The maximum atomic E-state index is 13.6. The Morgan fingerprint density at radius 1 is 1.32 bits per heavy atom. The highest BCUT2D eigenvalue weighted by Gasteiger charge is 2.29. The predicted octanol–water partition coefficient (Wildman–Crippen LogP) is 4.23. The van der Waals surface area contributed by atoms with E-state index in [1.807, 2.05) is 0 Å². The Bertz CT molecular complexity index is 1060. The third kappa shape index (κ3) is 2.72. The third-order valence-corrected chi connectivity index (χ3v) is 4.87. The van der Waals surface area contributed by atoms with Crippen LogP contribution in [0, 0.1) is 29.8 Å². The first-order chi connectivity index (χ1) is 11.7. The number of rotatable bonds is 3. The fourth-order valence-corrected chi connectivity index (χ4v) is 3.73. The molecule has 0 unspecified atom stereocenters. The lowest BCUT2D eigenvalue weighted by atomic mass is 9.96. The number of aromatic nitrogens is 2. The van der Waals surface area contributed by atoms with Crippen molar-refractivity contribution in [3.05, 3.63) is 67.1 Å². The number of nitro groups is 1. The van der Waals surface area contributed by atoms with Crippen molar-refractivity contribution in [2.24, 2.45) is 7.05 Å². The highest BCUT2D eigenvalue weighted by molar-refractivity contribution is 9.10. The van der Waals surface area contributed by atoms with Crippen molar-refractivity contribution >= 4 is 38.3 Å². The molecule has 0 saturated heterocycles. The van der Waals surface area contributed by atoms with Crippen LogP contribution >= 0.6 is 15.9 Å². The molecule has 0 amide bonds. The van der Waals surface area contributed by atoms with Gasteiger partial charge in [-0.25, -0.2) is 4.39 Å². The number of ketones is 1. The summed E-state index contributed by atoms with van der Waals surface area (Å²) < 4.78 is 15.4. The van der Waals surface area contributed by atoms with Gasteiger partial charge in [0.2, 0.25) is 5.78 Å². The Kier molecular flexibility index (Phi) is 4.16. The molecule has 128 valence electrons. The van der Waals surface area contributed by atoms with E-state index in [4.69, 9.17) is 0 Å². The van der Waals surface area contributed by atoms with Gasteiger partial charge in [-0.1, -0.05) is 6.07 Å². The summed E-state index contributed by atoms with van der Waals surface area (Å²) in [5, 5.41) is 16.4. The second kappa shape index (κ2) is 6.03. The molecule has 1 aromatic heterocycles. The molecule has 0 aliphatic heterocycles. The van der Waals surface area contributed by atoms with E-state index < -0.39 is 16.5 Å². The van der Waals surface area contributed by atoms with Crippen LogP contribution in [0.1, 0.15) is 27.2 Å². The fraction of sp³-hybridized carbons (Fsp3) is 0.176. The van der Waals surface area contributed by atoms with Gasteiger partial charge in [0.1, 0.15) is 11.4 Å². The van der Waals surface area contributed by atoms with E-state index in [1.54, 1.807) is 25.6 Å². The minimum absolute atomic E-state index is 0.0852. The van der Waals surface area contributed by atoms with Gasteiger partial charge in [0.25, 0.3) is 5.69 Å².